The Morgan fingerprint density at radius 2 is 2.20 bits per heavy atom. The molecule has 3 nitrogen and oxygen atoms in total. The second-order valence-corrected chi connectivity index (χ2v) is 4.18. The highest BCUT2D eigenvalue weighted by Gasteiger charge is 2.23. The lowest BCUT2D eigenvalue weighted by Crippen LogP contribution is -2.10. The van der Waals surface area contributed by atoms with Crippen LogP contribution in [-0.4, -0.2) is 6.61 Å². The van der Waals surface area contributed by atoms with Gasteiger partial charge < -0.3 is 9.05 Å². The molecule has 0 amide bonds. The molecule has 1 heterocycles. The molecule has 1 saturated heterocycles. The molecule has 1 aromatic carbocycles. The largest absolute Gasteiger partial charge is 0.319 e. The summed E-state index contributed by atoms with van der Waals surface area (Å²) >= 11 is 0. The average Bonchev–Trinajstić information content (AvgIpc) is 2.17. The van der Waals surface area contributed by atoms with Gasteiger partial charge in [-0.2, -0.15) is 0 Å². The molecule has 0 N–H and O–H groups in total. The van der Waals surface area contributed by atoms with Gasteiger partial charge in [-0.3, -0.25) is 4.57 Å². The van der Waals surface area contributed by atoms with Crippen molar-refractivity contribution < 1.29 is 22.4 Å². The maximum Gasteiger partial charge on any atom is 0.319 e. The first kappa shape index (κ1) is 10.7. The zero-order valence-electron chi connectivity index (χ0n) is 7.70. The third kappa shape index (κ3) is 2.43. The van der Waals surface area contributed by atoms with Crippen molar-refractivity contribution in [1.29, 1.82) is 0 Å². The lowest BCUT2D eigenvalue weighted by atomic mass is 10.1. The molecular formula is C9H9F2O3P. The minimum absolute atomic E-state index is 0.220. The molecule has 2 atom stereocenters. The number of hydrogen-bond donors (Lipinski definition) is 0. The van der Waals surface area contributed by atoms with E-state index >= 15 is 0 Å². The van der Waals surface area contributed by atoms with E-state index < -0.39 is 26.0 Å². The van der Waals surface area contributed by atoms with Crippen LogP contribution in [0.4, 0.5) is 8.78 Å². The Morgan fingerprint density at radius 1 is 1.40 bits per heavy atom. The molecule has 1 aliphatic heterocycles. The summed E-state index contributed by atoms with van der Waals surface area (Å²) < 4.78 is 46.6. The lowest BCUT2D eigenvalue weighted by molar-refractivity contribution is 0.0944. The smallest absolute Gasteiger partial charge is 0.311 e. The molecule has 0 radical (unpaired) electrons. The van der Waals surface area contributed by atoms with Crippen LogP contribution in [0.15, 0.2) is 18.2 Å². The Kier molecular flexibility index (Phi) is 3.14. The van der Waals surface area contributed by atoms with E-state index in [0.29, 0.717) is 6.42 Å². The van der Waals surface area contributed by atoms with Crippen molar-refractivity contribution in [2.75, 3.05) is 6.61 Å². The number of halogens is 2. The van der Waals surface area contributed by atoms with E-state index in [1.807, 2.05) is 0 Å². The molecule has 1 unspecified atom stereocenters. The van der Waals surface area contributed by atoms with Crippen molar-refractivity contribution in [2.24, 2.45) is 0 Å². The van der Waals surface area contributed by atoms with Gasteiger partial charge in [-0.05, 0) is 6.07 Å². The van der Waals surface area contributed by atoms with Gasteiger partial charge in [0.1, 0.15) is 11.6 Å². The van der Waals surface area contributed by atoms with Crippen LogP contribution in [0.1, 0.15) is 18.1 Å². The molecule has 15 heavy (non-hydrogen) atoms. The fourth-order valence-electron chi connectivity index (χ4n) is 1.44. The second-order valence-electron chi connectivity index (χ2n) is 3.16. The molecule has 0 aliphatic carbocycles. The standard InChI is InChI=1S/C9H9F2O3P/c10-6-1-2-7(8(11)5-6)9-3-4-13-15(12)14-9/h1-2,5,9,15H,3-4H2/t9-/m0/s1. The average molecular weight is 234 g/mol. The van der Waals surface area contributed by atoms with E-state index in [-0.39, 0.29) is 12.2 Å². The van der Waals surface area contributed by atoms with Gasteiger partial charge in [0.05, 0.1) is 12.7 Å². The second kappa shape index (κ2) is 4.39. The van der Waals surface area contributed by atoms with Crippen LogP contribution < -0.4 is 0 Å². The van der Waals surface area contributed by atoms with Gasteiger partial charge in [0.25, 0.3) is 0 Å². The van der Waals surface area contributed by atoms with E-state index in [4.69, 9.17) is 9.05 Å². The Balaban J connectivity index is 2.24. The maximum absolute atomic E-state index is 13.3. The molecule has 82 valence electrons. The summed E-state index contributed by atoms with van der Waals surface area (Å²) in [6, 6.07) is 3.23. The lowest BCUT2D eigenvalue weighted by Gasteiger charge is -2.22. The van der Waals surface area contributed by atoms with E-state index in [0.717, 1.165) is 12.1 Å². The maximum atomic E-state index is 13.3. The quantitative estimate of drug-likeness (QED) is 0.701. The van der Waals surface area contributed by atoms with Crippen molar-refractivity contribution in [3.8, 4) is 0 Å². The van der Waals surface area contributed by atoms with Gasteiger partial charge in [-0.1, -0.05) is 6.07 Å². The predicted molar refractivity (Wildman–Crippen MR) is 49.8 cm³/mol. The minimum Gasteiger partial charge on any atom is -0.311 e. The Bertz CT molecular complexity index is 397. The monoisotopic (exact) mass is 234 g/mol. The van der Waals surface area contributed by atoms with Gasteiger partial charge in [-0.15, -0.1) is 0 Å². The normalized spacial score (nSPS) is 26.5. The van der Waals surface area contributed by atoms with Crippen LogP contribution in [0.3, 0.4) is 0 Å². The third-order valence-corrected chi connectivity index (χ3v) is 3.06. The fourth-order valence-corrected chi connectivity index (χ4v) is 2.27. The van der Waals surface area contributed by atoms with E-state index in [1.165, 1.54) is 6.07 Å². The first-order valence-corrected chi connectivity index (χ1v) is 5.67. The zero-order valence-corrected chi connectivity index (χ0v) is 8.70. The molecule has 1 aromatic rings. The molecule has 0 bridgehead atoms. The molecule has 0 saturated carbocycles. The highest BCUT2D eigenvalue weighted by molar-refractivity contribution is 7.33. The first-order valence-electron chi connectivity index (χ1n) is 4.45. The highest BCUT2D eigenvalue weighted by atomic mass is 31.1. The van der Waals surface area contributed by atoms with Crippen LogP contribution in [0.2, 0.25) is 0 Å². The van der Waals surface area contributed by atoms with Crippen molar-refractivity contribution in [3.63, 3.8) is 0 Å². The molecule has 0 spiro atoms. The van der Waals surface area contributed by atoms with Crippen LogP contribution in [0, 0.1) is 11.6 Å². The molecule has 1 fully saturated rings. The fraction of sp³-hybridized carbons (Fsp3) is 0.333. The van der Waals surface area contributed by atoms with Gasteiger partial charge in [-0.25, -0.2) is 8.78 Å². The van der Waals surface area contributed by atoms with Gasteiger partial charge >= 0.3 is 8.25 Å². The Labute approximate surface area is 86.0 Å². The van der Waals surface area contributed by atoms with Crippen molar-refractivity contribution in [2.45, 2.75) is 12.5 Å². The number of hydrogen-bond acceptors (Lipinski definition) is 3. The molecule has 6 heteroatoms. The summed E-state index contributed by atoms with van der Waals surface area (Å²) in [6.45, 7) is 0.263. The summed E-state index contributed by atoms with van der Waals surface area (Å²) in [5.41, 5.74) is 0.220. The zero-order chi connectivity index (χ0) is 10.8. The Morgan fingerprint density at radius 3 is 2.87 bits per heavy atom. The van der Waals surface area contributed by atoms with Crippen LogP contribution >= 0.6 is 8.25 Å². The molecule has 2 rings (SSSR count). The summed E-state index contributed by atoms with van der Waals surface area (Å²) in [4.78, 5) is 0. The third-order valence-electron chi connectivity index (χ3n) is 2.15. The van der Waals surface area contributed by atoms with E-state index in [9.17, 15) is 13.3 Å². The van der Waals surface area contributed by atoms with Gasteiger partial charge in [0, 0.05) is 18.1 Å². The van der Waals surface area contributed by atoms with Crippen molar-refractivity contribution in [3.05, 3.63) is 35.4 Å². The predicted octanol–water partition coefficient (Wildman–Crippen LogP) is 2.83. The molecular weight excluding hydrogens is 225 g/mol. The first-order chi connectivity index (χ1) is 7.16. The molecule has 1 aliphatic rings. The number of rotatable bonds is 1. The minimum atomic E-state index is -2.53. The summed E-state index contributed by atoms with van der Waals surface area (Å²) in [7, 11) is -2.53. The SMILES string of the molecule is O=[PH]1OCC[C@@H](c2ccc(F)cc2F)O1. The van der Waals surface area contributed by atoms with E-state index in [2.05, 4.69) is 0 Å². The summed E-state index contributed by atoms with van der Waals surface area (Å²) in [6.07, 6.45) is -0.190. The van der Waals surface area contributed by atoms with E-state index in [1.54, 1.807) is 0 Å². The summed E-state index contributed by atoms with van der Waals surface area (Å²) in [5.74, 6) is -1.33. The van der Waals surface area contributed by atoms with Crippen molar-refractivity contribution >= 4 is 8.25 Å². The van der Waals surface area contributed by atoms with Gasteiger partial charge in [0.2, 0.25) is 0 Å². The van der Waals surface area contributed by atoms with Crippen molar-refractivity contribution in [1.82, 2.24) is 0 Å². The topological polar surface area (TPSA) is 35.5 Å². The van der Waals surface area contributed by atoms with Crippen LogP contribution in [-0.2, 0) is 13.6 Å². The van der Waals surface area contributed by atoms with Crippen LogP contribution in [0.5, 0.6) is 0 Å². The van der Waals surface area contributed by atoms with Crippen LogP contribution in [0.25, 0.3) is 0 Å². The Hall–Kier alpha value is -0.770. The van der Waals surface area contributed by atoms with Gasteiger partial charge in [0.15, 0.2) is 0 Å². The highest BCUT2D eigenvalue weighted by Crippen LogP contribution is 2.40. The number of benzene rings is 1. The molecule has 0 aromatic heterocycles. The summed E-state index contributed by atoms with van der Waals surface area (Å²) in [5, 5.41) is 0.